The van der Waals surface area contributed by atoms with Crippen LogP contribution in [0.3, 0.4) is 0 Å². The summed E-state index contributed by atoms with van der Waals surface area (Å²) in [6, 6.07) is 7.59. The van der Waals surface area contributed by atoms with Gasteiger partial charge in [-0.25, -0.2) is 4.79 Å². The van der Waals surface area contributed by atoms with Gasteiger partial charge in [-0.2, -0.15) is 0 Å². The summed E-state index contributed by atoms with van der Waals surface area (Å²) in [6.07, 6.45) is 2.76. The number of β-amino-alcohol motifs (C(OH)–C–C–N with tert-alkyl or cyclic N) is 1. The zero-order chi connectivity index (χ0) is 14.4. The average Bonchev–Trinajstić information content (AvgIpc) is 2.46. The highest BCUT2D eigenvalue weighted by molar-refractivity contribution is 5.89. The Morgan fingerprint density at radius 3 is 2.80 bits per heavy atom. The summed E-state index contributed by atoms with van der Waals surface area (Å²) in [5.41, 5.74) is 1.81. The van der Waals surface area contributed by atoms with Crippen molar-refractivity contribution in [2.24, 2.45) is 0 Å². The van der Waals surface area contributed by atoms with Crippen molar-refractivity contribution in [1.82, 2.24) is 4.90 Å². The first-order valence-corrected chi connectivity index (χ1v) is 7.35. The molecule has 1 aliphatic heterocycles. The number of ether oxygens (including phenoxy) is 1. The van der Waals surface area contributed by atoms with E-state index in [0.717, 1.165) is 38.9 Å². The molecular weight excluding hydrogens is 254 g/mol. The first kappa shape index (κ1) is 15.0. The van der Waals surface area contributed by atoms with E-state index in [1.54, 1.807) is 6.92 Å². The van der Waals surface area contributed by atoms with Gasteiger partial charge in [0.1, 0.15) is 0 Å². The van der Waals surface area contributed by atoms with E-state index in [1.165, 1.54) is 5.56 Å². The van der Waals surface area contributed by atoms with E-state index in [-0.39, 0.29) is 12.1 Å². The average molecular weight is 277 g/mol. The van der Waals surface area contributed by atoms with Crippen LogP contribution < -0.4 is 0 Å². The lowest BCUT2D eigenvalue weighted by atomic mass is 10.1. The minimum absolute atomic E-state index is 0.171. The second-order valence-electron chi connectivity index (χ2n) is 5.26. The van der Waals surface area contributed by atoms with Crippen LogP contribution in [0, 0.1) is 0 Å². The number of aliphatic hydroxyl groups excluding tert-OH is 1. The fourth-order valence-corrected chi connectivity index (χ4v) is 2.54. The Bertz CT molecular complexity index is 430. The Kier molecular flexibility index (Phi) is 5.56. The molecule has 1 heterocycles. The van der Waals surface area contributed by atoms with E-state index < -0.39 is 0 Å². The topological polar surface area (TPSA) is 49.8 Å². The largest absolute Gasteiger partial charge is 0.462 e. The van der Waals surface area contributed by atoms with Crippen molar-refractivity contribution in [3.63, 3.8) is 0 Å². The lowest BCUT2D eigenvalue weighted by Crippen LogP contribution is -2.39. The van der Waals surface area contributed by atoms with E-state index in [0.29, 0.717) is 12.2 Å². The molecule has 1 atom stereocenters. The van der Waals surface area contributed by atoms with Crippen molar-refractivity contribution in [3.8, 4) is 0 Å². The fourth-order valence-electron chi connectivity index (χ4n) is 2.54. The lowest BCUT2D eigenvalue weighted by molar-refractivity contribution is 0.0526. The van der Waals surface area contributed by atoms with Crippen molar-refractivity contribution in [3.05, 3.63) is 35.4 Å². The van der Waals surface area contributed by atoms with Gasteiger partial charge in [-0.1, -0.05) is 12.1 Å². The Morgan fingerprint density at radius 1 is 1.40 bits per heavy atom. The number of carbonyl (C=O) groups excluding carboxylic acids is 1. The molecule has 1 fully saturated rings. The van der Waals surface area contributed by atoms with Crippen LogP contribution in [-0.2, 0) is 11.2 Å². The van der Waals surface area contributed by atoms with Crippen molar-refractivity contribution >= 4 is 5.97 Å². The van der Waals surface area contributed by atoms with Crippen LogP contribution >= 0.6 is 0 Å². The summed E-state index contributed by atoms with van der Waals surface area (Å²) in [4.78, 5) is 13.8. The molecule has 4 nitrogen and oxygen atoms in total. The summed E-state index contributed by atoms with van der Waals surface area (Å²) in [5.74, 6) is -0.266. The number of esters is 1. The standard InChI is InChI=1S/C16H23NO3/c1-2-20-16(19)14-7-5-13(6-8-14)9-11-17-10-3-4-15(18)12-17/h5-8,15,18H,2-4,9-12H2,1H3. The number of carbonyl (C=O) groups is 1. The maximum absolute atomic E-state index is 11.5. The summed E-state index contributed by atoms with van der Waals surface area (Å²) in [5, 5.41) is 9.63. The number of likely N-dealkylation sites (tertiary alicyclic amines) is 1. The minimum Gasteiger partial charge on any atom is -0.462 e. The highest BCUT2D eigenvalue weighted by Crippen LogP contribution is 2.12. The Morgan fingerprint density at radius 2 is 2.15 bits per heavy atom. The molecule has 0 bridgehead atoms. The van der Waals surface area contributed by atoms with Gasteiger partial charge in [0, 0.05) is 13.1 Å². The Hall–Kier alpha value is -1.39. The molecule has 1 unspecified atom stereocenters. The third kappa shape index (κ3) is 4.32. The fraction of sp³-hybridized carbons (Fsp3) is 0.562. The highest BCUT2D eigenvalue weighted by Gasteiger charge is 2.17. The molecule has 1 aromatic rings. The van der Waals surface area contributed by atoms with Gasteiger partial charge in [0.15, 0.2) is 0 Å². The van der Waals surface area contributed by atoms with Gasteiger partial charge >= 0.3 is 5.97 Å². The first-order chi connectivity index (χ1) is 9.69. The molecule has 1 aromatic carbocycles. The van der Waals surface area contributed by atoms with Gasteiger partial charge in [0.2, 0.25) is 0 Å². The normalized spacial score (nSPS) is 19.8. The zero-order valence-corrected chi connectivity index (χ0v) is 12.0. The number of piperidine rings is 1. The van der Waals surface area contributed by atoms with Crippen molar-refractivity contribution < 1.29 is 14.6 Å². The van der Waals surface area contributed by atoms with Gasteiger partial charge < -0.3 is 14.7 Å². The van der Waals surface area contributed by atoms with Crippen LogP contribution in [0.15, 0.2) is 24.3 Å². The molecule has 4 heteroatoms. The number of hydrogen-bond acceptors (Lipinski definition) is 4. The zero-order valence-electron chi connectivity index (χ0n) is 12.0. The quantitative estimate of drug-likeness (QED) is 0.835. The molecule has 1 saturated heterocycles. The predicted molar refractivity (Wildman–Crippen MR) is 77.8 cm³/mol. The monoisotopic (exact) mass is 277 g/mol. The second-order valence-corrected chi connectivity index (χ2v) is 5.26. The minimum atomic E-state index is -0.266. The predicted octanol–water partition coefficient (Wildman–Crippen LogP) is 1.86. The van der Waals surface area contributed by atoms with Crippen molar-refractivity contribution in [1.29, 1.82) is 0 Å². The molecule has 0 saturated carbocycles. The van der Waals surface area contributed by atoms with E-state index in [2.05, 4.69) is 4.90 Å². The number of hydrogen-bond donors (Lipinski definition) is 1. The van der Waals surface area contributed by atoms with Crippen molar-refractivity contribution in [2.75, 3.05) is 26.2 Å². The molecule has 0 aromatic heterocycles. The van der Waals surface area contributed by atoms with E-state index in [1.807, 2.05) is 24.3 Å². The number of aliphatic hydroxyl groups is 1. The van der Waals surface area contributed by atoms with Crippen LogP contribution in [0.2, 0.25) is 0 Å². The van der Waals surface area contributed by atoms with E-state index >= 15 is 0 Å². The van der Waals surface area contributed by atoms with Gasteiger partial charge in [0.05, 0.1) is 18.3 Å². The maximum Gasteiger partial charge on any atom is 0.338 e. The molecule has 0 radical (unpaired) electrons. The first-order valence-electron chi connectivity index (χ1n) is 7.35. The SMILES string of the molecule is CCOC(=O)c1ccc(CCN2CCCC(O)C2)cc1. The third-order valence-corrected chi connectivity index (χ3v) is 3.66. The molecule has 0 aliphatic carbocycles. The molecule has 110 valence electrons. The number of nitrogens with zero attached hydrogens (tertiary/aromatic N) is 1. The Labute approximate surface area is 120 Å². The van der Waals surface area contributed by atoms with Crippen LogP contribution in [0.1, 0.15) is 35.7 Å². The molecule has 2 rings (SSSR count). The highest BCUT2D eigenvalue weighted by atomic mass is 16.5. The number of rotatable bonds is 5. The summed E-state index contributed by atoms with van der Waals surface area (Å²) in [6.45, 7) is 5.01. The third-order valence-electron chi connectivity index (χ3n) is 3.66. The van der Waals surface area contributed by atoms with E-state index in [9.17, 15) is 9.90 Å². The van der Waals surface area contributed by atoms with Crippen LogP contribution in [0.4, 0.5) is 0 Å². The van der Waals surface area contributed by atoms with Crippen LogP contribution in [0.5, 0.6) is 0 Å². The smallest absolute Gasteiger partial charge is 0.338 e. The lowest BCUT2D eigenvalue weighted by Gasteiger charge is -2.29. The summed E-state index contributed by atoms with van der Waals surface area (Å²) < 4.78 is 4.96. The molecule has 1 N–H and O–H groups in total. The van der Waals surface area contributed by atoms with Gasteiger partial charge in [-0.05, 0) is 50.4 Å². The second kappa shape index (κ2) is 7.41. The van der Waals surface area contributed by atoms with Crippen LogP contribution in [0.25, 0.3) is 0 Å². The number of benzene rings is 1. The van der Waals surface area contributed by atoms with Gasteiger partial charge in [-0.15, -0.1) is 0 Å². The molecule has 20 heavy (non-hydrogen) atoms. The molecule has 0 spiro atoms. The van der Waals surface area contributed by atoms with Crippen LogP contribution in [-0.4, -0.2) is 48.3 Å². The Balaban J connectivity index is 1.83. The van der Waals surface area contributed by atoms with Crippen molar-refractivity contribution in [2.45, 2.75) is 32.3 Å². The van der Waals surface area contributed by atoms with E-state index in [4.69, 9.17) is 4.74 Å². The molecule has 0 amide bonds. The summed E-state index contributed by atoms with van der Waals surface area (Å²) in [7, 11) is 0. The van der Waals surface area contributed by atoms with Gasteiger partial charge in [-0.3, -0.25) is 0 Å². The summed E-state index contributed by atoms with van der Waals surface area (Å²) >= 11 is 0. The molecular formula is C16H23NO3. The maximum atomic E-state index is 11.5. The van der Waals surface area contributed by atoms with Gasteiger partial charge in [0.25, 0.3) is 0 Å². The molecule has 1 aliphatic rings.